The van der Waals surface area contributed by atoms with Crippen molar-refractivity contribution in [1.29, 1.82) is 0 Å². The van der Waals surface area contributed by atoms with Gasteiger partial charge in [0.05, 0.1) is 12.0 Å². The van der Waals surface area contributed by atoms with Gasteiger partial charge in [-0.25, -0.2) is 4.39 Å². The highest BCUT2D eigenvalue weighted by atomic mass is 19.1. The molecule has 1 amide bonds. The van der Waals surface area contributed by atoms with E-state index in [0.29, 0.717) is 6.61 Å². The van der Waals surface area contributed by atoms with Gasteiger partial charge < -0.3 is 9.64 Å². The first-order valence-electron chi connectivity index (χ1n) is 13.7. The van der Waals surface area contributed by atoms with Crippen molar-refractivity contribution in [2.45, 2.75) is 45.3 Å². The summed E-state index contributed by atoms with van der Waals surface area (Å²) in [4.78, 5) is 15.3. The number of benzene rings is 4. The van der Waals surface area contributed by atoms with Gasteiger partial charge in [0.2, 0.25) is 5.91 Å². The number of allylic oxidation sites excluding steroid dienone is 2. The van der Waals surface area contributed by atoms with Crippen LogP contribution < -0.4 is 9.64 Å². The second-order valence-electron chi connectivity index (χ2n) is 10.6. The fourth-order valence-corrected chi connectivity index (χ4v) is 5.55. The summed E-state index contributed by atoms with van der Waals surface area (Å²) in [5.41, 5.74) is 8.33. The van der Waals surface area contributed by atoms with E-state index in [1.54, 1.807) is 12.1 Å². The minimum absolute atomic E-state index is 0.0973. The van der Waals surface area contributed by atoms with Gasteiger partial charge in [-0.1, -0.05) is 77.9 Å². The Labute approximate surface area is 229 Å². The van der Waals surface area contributed by atoms with Crippen molar-refractivity contribution in [2.75, 3.05) is 4.90 Å². The number of halogens is 1. The molecule has 1 saturated heterocycles. The number of rotatable bonds is 9. The number of nitrogens with zero attached hydrogens (tertiary/aromatic N) is 1. The highest BCUT2D eigenvalue weighted by Crippen LogP contribution is 2.48. The molecule has 39 heavy (non-hydrogen) atoms. The number of anilines is 1. The van der Waals surface area contributed by atoms with Gasteiger partial charge in [0.1, 0.15) is 18.2 Å². The van der Waals surface area contributed by atoms with Gasteiger partial charge in [-0.3, -0.25) is 4.79 Å². The standard InChI is InChI=1S/C35H32FNO2/c1-24-7-9-26(10-8-24)32(27-11-12-27)21-22-33-34(37(35(33)38)30-17-15-29(36)16-18-30)28-13-19-31(20-14-28)39-23-25-5-3-2-4-6-25/h2-10,13-20,33-34H,11-12,21-23H2,1H3/t33-,34-/m1/s1. The molecule has 0 bridgehead atoms. The van der Waals surface area contributed by atoms with Gasteiger partial charge in [0.15, 0.2) is 0 Å². The predicted octanol–water partition coefficient (Wildman–Crippen LogP) is 8.45. The molecule has 196 valence electrons. The van der Waals surface area contributed by atoms with Crippen molar-refractivity contribution in [3.63, 3.8) is 0 Å². The fraction of sp³-hybridized carbons (Fsp3) is 0.229. The maximum atomic E-state index is 13.7. The third-order valence-electron chi connectivity index (χ3n) is 7.82. The second kappa shape index (κ2) is 10.9. The van der Waals surface area contributed by atoms with Crippen molar-refractivity contribution < 1.29 is 13.9 Å². The van der Waals surface area contributed by atoms with Crippen molar-refractivity contribution in [2.24, 2.45) is 5.92 Å². The Balaban J connectivity index is 1.22. The van der Waals surface area contributed by atoms with E-state index in [2.05, 4.69) is 43.3 Å². The molecule has 2 aliphatic rings. The normalized spacial score (nSPS) is 18.1. The highest BCUT2D eigenvalue weighted by molar-refractivity contribution is 6.03. The molecular weight excluding hydrogens is 485 g/mol. The van der Waals surface area contributed by atoms with E-state index in [1.807, 2.05) is 47.4 Å². The molecule has 1 aliphatic heterocycles. The molecule has 0 radical (unpaired) electrons. The van der Waals surface area contributed by atoms with E-state index in [4.69, 9.17) is 4.74 Å². The molecule has 4 aromatic rings. The van der Waals surface area contributed by atoms with Gasteiger partial charge in [0, 0.05) is 5.69 Å². The number of β-lactam (4-membered cyclic amide) rings is 1. The molecule has 1 saturated carbocycles. The Morgan fingerprint density at radius 3 is 2.23 bits per heavy atom. The Hall–Kier alpha value is -4.18. The molecule has 2 atom stereocenters. The van der Waals surface area contributed by atoms with Crippen LogP contribution in [-0.2, 0) is 11.4 Å². The molecule has 0 unspecified atom stereocenters. The lowest BCUT2D eigenvalue weighted by atomic mass is 9.78. The van der Waals surface area contributed by atoms with Crippen LogP contribution in [0.25, 0.3) is 5.57 Å². The Morgan fingerprint density at radius 1 is 0.872 bits per heavy atom. The van der Waals surface area contributed by atoms with Crippen LogP contribution in [-0.4, -0.2) is 5.91 Å². The van der Waals surface area contributed by atoms with E-state index in [0.717, 1.165) is 48.2 Å². The van der Waals surface area contributed by atoms with Crippen LogP contribution in [0.1, 0.15) is 54.0 Å². The Morgan fingerprint density at radius 2 is 1.56 bits per heavy atom. The van der Waals surface area contributed by atoms with E-state index >= 15 is 0 Å². The maximum absolute atomic E-state index is 13.7. The number of hydrogen-bond donors (Lipinski definition) is 0. The van der Waals surface area contributed by atoms with E-state index in [9.17, 15) is 9.18 Å². The summed E-state index contributed by atoms with van der Waals surface area (Å²) in [6.45, 7) is 2.61. The summed E-state index contributed by atoms with van der Waals surface area (Å²) in [6.07, 6.45) is 3.95. The molecule has 0 spiro atoms. The zero-order valence-corrected chi connectivity index (χ0v) is 22.1. The van der Waals surface area contributed by atoms with Crippen LogP contribution in [0.5, 0.6) is 5.75 Å². The van der Waals surface area contributed by atoms with Gasteiger partial charge in [-0.15, -0.1) is 0 Å². The van der Waals surface area contributed by atoms with Crippen LogP contribution >= 0.6 is 0 Å². The lowest BCUT2D eigenvalue weighted by Crippen LogP contribution is -2.55. The van der Waals surface area contributed by atoms with Gasteiger partial charge in [0.25, 0.3) is 0 Å². The van der Waals surface area contributed by atoms with Crippen LogP contribution in [0.2, 0.25) is 0 Å². The minimum Gasteiger partial charge on any atom is -0.489 e. The SMILES string of the molecule is Cc1ccc(C(CC[C@H]2C(=O)N(c3ccc(F)cc3)[C@@H]2c2ccc(OCc3ccccc3)cc2)=C2CC2)cc1. The minimum atomic E-state index is -0.307. The molecule has 0 N–H and O–H groups in total. The van der Waals surface area contributed by atoms with Crippen molar-refractivity contribution in [1.82, 2.24) is 0 Å². The van der Waals surface area contributed by atoms with Gasteiger partial charge >= 0.3 is 0 Å². The first-order valence-corrected chi connectivity index (χ1v) is 13.7. The van der Waals surface area contributed by atoms with E-state index in [1.165, 1.54) is 34.4 Å². The quantitative estimate of drug-likeness (QED) is 0.209. The van der Waals surface area contributed by atoms with Crippen molar-refractivity contribution >= 4 is 17.2 Å². The Bertz CT molecular complexity index is 1470. The molecule has 2 fully saturated rings. The van der Waals surface area contributed by atoms with Crippen molar-refractivity contribution in [3.8, 4) is 5.75 Å². The number of ether oxygens (including phenoxy) is 1. The smallest absolute Gasteiger partial charge is 0.233 e. The highest BCUT2D eigenvalue weighted by Gasteiger charge is 2.48. The topological polar surface area (TPSA) is 29.5 Å². The largest absolute Gasteiger partial charge is 0.489 e. The third kappa shape index (κ3) is 5.51. The predicted molar refractivity (Wildman–Crippen MR) is 154 cm³/mol. The first kappa shape index (κ1) is 25.1. The number of hydrogen-bond acceptors (Lipinski definition) is 2. The fourth-order valence-electron chi connectivity index (χ4n) is 5.55. The Kier molecular flexibility index (Phi) is 7.02. The molecule has 1 heterocycles. The second-order valence-corrected chi connectivity index (χ2v) is 10.6. The summed E-state index contributed by atoms with van der Waals surface area (Å²) in [5.74, 6) is 0.447. The summed E-state index contributed by atoms with van der Waals surface area (Å²) in [7, 11) is 0. The molecule has 0 aromatic heterocycles. The average Bonchev–Trinajstić information content (AvgIpc) is 3.81. The molecule has 3 nitrogen and oxygen atoms in total. The summed E-state index contributed by atoms with van der Waals surface area (Å²) >= 11 is 0. The number of aryl methyl sites for hydroxylation is 1. The molecular formula is C35H32FNO2. The maximum Gasteiger partial charge on any atom is 0.233 e. The van der Waals surface area contributed by atoms with Crippen LogP contribution in [0.4, 0.5) is 10.1 Å². The lowest BCUT2D eigenvalue weighted by Gasteiger charge is -2.48. The van der Waals surface area contributed by atoms with E-state index < -0.39 is 0 Å². The van der Waals surface area contributed by atoms with Crippen molar-refractivity contribution in [3.05, 3.63) is 137 Å². The number of carbonyl (C=O) groups is 1. The number of amides is 1. The van der Waals surface area contributed by atoms with Crippen LogP contribution in [0.3, 0.4) is 0 Å². The molecule has 1 aliphatic carbocycles. The third-order valence-corrected chi connectivity index (χ3v) is 7.82. The molecule has 4 aromatic carbocycles. The molecule has 4 heteroatoms. The van der Waals surface area contributed by atoms with Crippen LogP contribution in [0.15, 0.2) is 109 Å². The zero-order chi connectivity index (χ0) is 26.8. The number of carbonyl (C=O) groups excluding carboxylic acids is 1. The van der Waals surface area contributed by atoms with Crippen LogP contribution in [0, 0.1) is 18.7 Å². The summed E-state index contributed by atoms with van der Waals surface area (Å²) < 4.78 is 19.7. The molecule has 6 rings (SSSR count). The van der Waals surface area contributed by atoms with Gasteiger partial charge in [-0.2, -0.15) is 0 Å². The monoisotopic (exact) mass is 517 g/mol. The first-order chi connectivity index (χ1) is 19.1. The lowest BCUT2D eigenvalue weighted by molar-refractivity contribution is -0.130. The summed E-state index contributed by atoms with van der Waals surface area (Å²) in [6, 6.07) is 33.0. The zero-order valence-electron chi connectivity index (χ0n) is 22.1. The van der Waals surface area contributed by atoms with E-state index in [-0.39, 0.29) is 23.7 Å². The van der Waals surface area contributed by atoms with Gasteiger partial charge in [-0.05, 0) is 91.3 Å². The average molecular weight is 518 g/mol. The summed E-state index contributed by atoms with van der Waals surface area (Å²) in [5, 5.41) is 0.